The molecule has 0 unspecified atom stereocenters. The highest BCUT2D eigenvalue weighted by molar-refractivity contribution is 6.41. The van der Waals surface area contributed by atoms with Crippen LogP contribution in [0.1, 0.15) is 15.9 Å². The van der Waals surface area contributed by atoms with Crippen LogP contribution in [0.25, 0.3) is 22.0 Å². The summed E-state index contributed by atoms with van der Waals surface area (Å²) in [6.45, 7) is 0.0874. The fourth-order valence-electron chi connectivity index (χ4n) is 3.69. The molecule has 0 aliphatic carbocycles. The number of aromatic nitrogens is 2. The minimum absolute atomic E-state index is 0.00553. The van der Waals surface area contributed by atoms with Gasteiger partial charge in [-0.3, -0.25) is 14.6 Å². The second kappa shape index (κ2) is 10.9. The summed E-state index contributed by atoms with van der Waals surface area (Å²) in [6, 6.07) is 10.3. The molecule has 0 aliphatic rings. The Hall–Kier alpha value is -3.73. The lowest BCUT2D eigenvalue weighted by molar-refractivity contribution is -0.137. The smallest absolute Gasteiger partial charge is 0.321 e. The summed E-state index contributed by atoms with van der Waals surface area (Å²) in [4.78, 5) is 35.7. The maximum atomic E-state index is 13.1. The van der Waals surface area contributed by atoms with E-state index in [4.69, 9.17) is 23.2 Å². The standard InChI is InChI=1S/C26H20Cl2F3N5O2/c1-36(2)13-21(37)35-24-17(11-15-12-32-9-8-19(15)33-24)22-18(27)6-7-20(23(22)28)34-25(38)14-4-3-5-16(10-14)26(29,30)31/h3-12H,13H2,1-2H3,(H,34,38)(H,33,35,37). The highest BCUT2D eigenvalue weighted by atomic mass is 35.5. The lowest BCUT2D eigenvalue weighted by Crippen LogP contribution is -2.27. The molecule has 0 saturated carbocycles. The number of amides is 2. The van der Waals surface area contributed by atoms with Crippen molar-refractivity contribution in [2.45, 2.75) is 6.18 Å². The van der Waals surface area contributed by atoms with Crippen LogP contribution in [0.4, 0.5) is 24.7 Å². The molecule has 196 valence electrons. The van der Waals surface area contributed by atoms with Gasteiger partial charge < -0.3 is 15.5 Å². The molecule has 0 spiro atoms. The zero-order valence-electron chi connectivity index (χ0n) is 20.0. The minimum atomic E-state index is -4.60. The van der Waals surface area contributed by atoms with Gasteiger partial charge in [0.15, 0.2) is 0 Å². The monoisotopic (exact) mass is 561 g/mol. The molecule has 38 heavy (non-hydrogen) atoms. The number of hydrogen-bond donors (Lipinski definition) is 2. The van der Waals surface area contributed by atoms with Crippen molar-refractivity contribution in [1.29, 1.82) is 0 Å². The topological polar surface area (TPSA) is 87.2 Å². The molecule has 2 amide bonds. The van der Waals surface area contributed by atoms with Gasteiger partial charge in [0, 0.05) is 34.5 Å². The van der Waals surface area contributed by atoms with Gasteiger partial charge in [0.2, 0.25) is 5.91 Å². The van der Waals surface area contributed by atoms with Gasteiger partial charge in [0.1, 0.15) is 5.82 Å². The van der Waals surface area contributed by atoms with E-state index in [0.29, 0.717) is 16.5 Å². The second-order valence-corrected chi connectivity index (χ2v) is 9.34. The molecule has 4 rings (SSSR count). The van der Waals surface area contributed by atoms with Crippen LogP contribution in [0, 0.1) is 0 Å². The number of alkyl halides is 3. The molecule has 0 fully saturated rings. The van der Waals surface area contributed by atoms with Crippen molar-refractivity contribution in [3.05, 3.63) is 82.1 Å². The number of pyridine rings is 2. The molecule has 2 heterocycles. The van der Waals surface area contributed by atoms with Crippen molar-refractivity contribution in [3.8, 4) is 11.1 Å². The maximum absolute atomic E-state index is 13.1. The number of fused-ring (bicyclic) bond motifs is 1. The quantitative estimate of drug-likeness (QED) is 0.285. The summed E-state index contributed by atoms with van der Waals surface area (Å²) < 4.78 is 39.3. The molecule has 0 aliphatic heterocycles. The van der Waals surface area contributed by atoms with E-state index < -0.39 is 17.6 Å². The summed E-state index contributed by atoms with van der Waals surface area (Å²) in [7, 11) is 3.48. The van der Waals surface area contributed by atoms with Crippen molar-refractivity contribution in [2.24, 2.45) is 0 Å². The number of nitrogens with zero attached hydrogens (tertiary/aromatic N) is 3. The van der Waals surface area contributed by atoms with Crippen LogP contribution in [-0.2, 0) is 11.0 Å². The number of halogens is 5. The third-order valence-electron chi connectivity index (χ3n) is 5.39. The molecular weight excluding hydrogens is 542 g/mol. The Balaban J connectivity index is 1.77. The van der Waals surface area contributed by atoms with Crippen LogP contribution in [-0.4, -0.2) is 47.3 Å². The van der Waals surface area contributed by atoms with Gasteiger partial charge in [-0.2, -0.15) is 13.2 Å². The molecule has 7 nitrogen and oxygen atoms in total. The van der Waals surface area contributed by atoms with E-state index >= 15 is 0 Å². The third-order valence-corrected chi connectivity index (χ3v) is 6.10. The van der Waals surface area contributed by atoms with Gasteiger partial charge in [0.05, 0.1) is 33.4 Å². The first kappa shape index (κ1) is 27.3. The normalized spacial score (nSPS) is 11.6. The number of hydrogen-bond acceptors (Lipinski definition) is 5. The van der Waals surface area contributed by atoms with Crippen molar-refractivity contribution in [3.63, 3.8) is 0 Å². The predicted molar refractivity (Wildman–Crippen MR) is 142 cm³/mol. The van der Waals surface area contributed by atoms with Crippen LogP contribution >= 0.6 is 23.2 Å². The van der Waals surface area contributed by atoms with E-state index in [1.54, 1.807) is 43.5 Å². The number of likely N-dealkylation sites (N-methyl/N-ethyl adjacent to an activating group) is 1. The Morgan fingerprint density at radius 2 is 1.79 bits per heavy atom. The van der Waals surface area contributed by atoms with Gasteiger partial charge in [0.25, 0.3) is 5.91 Å². The number of anilines is 2. The number of rotatable bonds is 6. The molecule has 2 N–H and O–H groups in total. The first-order chi connectivity index (χ1) is 17.9. The average molecular weight is 562 g/mol. The minimum Gasteiger partial charge on any atom is -0.321 e. The van der Waals surface area contributed by atoms with Crippen molar-refractivity contribution in [1.82, 2.24) is 14.9 Å². The first-order valence-corrected chi connectivity index (χ1v) is 11.9. The van der Waals surface area contributed by atoms with Gasteiger partial charge in [-0.25, -0.2) is 4.98 Å². The molecule has 2 aromatic heterocycles. The van der Waals surface area contributed by atoms with Crippen molar-refractivity contribution < 1.29 is 22.8 Å². The number of benzene rings is 2. The Morgan fingerprint density at radius 3 is 2.50 bits per heavy atom. The number of carbonyl (C=O) groups is 2. The zero-order valence-corrected chi connectivity index (χ0v) is 21.5. The van der Waals surface area contributed by atoms with Gasteiger partial charge >= 0.3 is 6.18 Å². The Labute approximate surface area is 225 Å². The Kier molecular flexibility index (Phi) is 7.86. The van der Waals surface area contributed by atoms with Crippen LogP contribution in [0.3, 0.4) is 0 Å². The molecule has 0 bridgehead atoms. The average Bonchev–Trinajstić information content (AvgIpc) is 2.85. The number of carbonyl (C=O) groups excluding carboxylic acids is 2. The largest absolute Gasteiger partial charge is 0.416 e. The maximum Gasteiger partial charge on any atom is 0.416 e. The van der Waals surface area contributed by atoms with E-state index in [2.05, 4.69) is 20.6 Å². The highest BCUT2D eigenvalue weighted by Gasteiger charge is 2.31. The fourth-order valence-corrected chi connectivity index (χ4v) is 4.31. The summed E-state index contributed by atoms with van der Waals surface area (Å²) in [5.74, 6) is -0.953. The predicted octanol–water partition coefficient (Wildman–Crippen LogP) is 6.37. The molecule has 4 aromatic rings. The van der Waals surface area contributed by atoms with Crippen LogP contribution in [0.2, 0.25) is 10.0 Å². The van der Waals surface area contributed by atoms with Crippen LogP contribution < -0.4 is 10.6 Å². The van der Waals surface area contributed by atoms with Crippen LogP contribution in [0.15, 0.2) is 60.9 Å². The fraction of sp³-hybridized carbons (Fsp3) is 0.154. The molecule has 2 aromatic carbocycles. The summed E-state index contributed by atoms with van der Waals surface area (Å²) in [5.41, 5.74) is 0.122. The lowest BCUT2D eigenvalue weighted by Gasteiger charge is -2.17. The molecule has 0 saturated heterocycles. The SMILES string of the molecule is CN(C)CC(=O)Nc1nc2ccncc2cc1-c1c(Cl)ccc(NC(=O)c2cccc(C(F)(F)F)c2)c1Cl. The second-order valence-electron chi connectivity index (χ2n) is 8.56. The van der Waals surface area contributed by atoms with Gasteiger partial charge in [-0.1, -0.05) is 29.3 Å². The Bertz CT molecular complexity index is 1540. The van der Waals surface area contributed by atoms with Crippen molar-refractivity contribution >= 4 is 57.4 Å². The molecule has 12 heteroatoms. The van der Waals surface area contributed by atoms with E-state index in [1.807, 2.05) is 0 Å². The van der Waals surface area contributed by atoms with Gasteiger partial charge in [-0.15, -0.1) is 0 Å². The molecule has 0 radical (unpaired) electrons. The summed E-state index contributed by atoms with van der Waals surface area (Å²) in [5, 5.41) is 6.15. The lowest BCUT2D eigenvalue weighted by atomic mass is 10.0. The van der Waals surface area contributed by atoms with Gasteiger partial charge in [-0.05, 0) is 56.6 Å². The summed E-state index contributed by atoms with van der Waals surface area (Å²) in [6.07, 6.45) is -1.46. The highest BCUT2D eigenvalue weighted by Crippen LogP contribution is 2.43. The third kappa shape index (κ3) is 6.04. The first-order valence-electron chi connectivity index (χ1n) is 11.1. The van der Waals surface area contributed by atoms with Crippen LogP contribution in [0.5, 0.6) is 0 Å². The zero-order chi connectivity index (χ0) is 27.6. The van der Waals surface area contributed by atoms with E-state index in [9.17, 15) is 22.8 Å². The van der Waals surface area contributed by atoms with E-state index in [-0.39, 0.29) is 45.1 Å². The summed E-state index contributed by atoms with van der Waals surface area (Å²) >= 11 is 13.2. The number of nitrogens with one attached hydrogen (secondary N) is 2. The van der Waals surface area contributed by atoms with E-state index in [0.717, 1.165) is 18.2 Å². The Morgan fingerprint density at radius 1 is 1.03 bits per heavy atom. The van der Waals surface area contributed by atoms with E-state index in [1.165, 1.54) is 18.2 Å². The molecular formula is C26H20Cl2F3N5O2. The van der Waals surface area contributed by atoms with Crippen molar-refractivity contribution in [2.75, 3.05) is 31.3 Å². The molecule has 0 atom stereocenters.